The van der Waals surface area contributed by atoms with Crippen molar-refractivity contribution >= 4 is 11.8 Å². The summed E-state index contributed by atoms with van der Waals surface area (Å²) in [6.07, 6.45) is 5.91. The largest absolute Gasteiger partial charge is 0.462 e. The molecule has 5 nitrogen and oxygen atoms in total. The van der Waals surface area contributed by atoms with Crippen molar-refractivity contribution in [3.05, 3.63) is 17.1 Å². The molecule has 1 aliphatic rings. The molecule has 0 aromatic carbocycles. The topological polar surface area (TPSA) is 78.1 Å². The third kappa shape index (κ3) is 3.52. The molecule has 1 saturated carbocycles. The van der Waals surface area contributed by atoms with Crippen molar-refractivity contribution in [1.82, 2.24) is 9.97 Å². The Labute approximate surface area is 126 Å². The second-order valence-electron chi connectivity index (χ2n) is 5.77. The van der Waals surface area contributed by atoms with Crippen LogP contribution in [0.3, 0.4) is 0 Å². The van der Waals surface area contributed by atoms with Gasteiger partial charge in [0.1, 0.15) is 17.2 Å². The lowest BCUT2D eigenvalue weighted by molar-refractivity contribution is 0.0525. The van der Waals surface area contributed by atoms with Crippen molar-refractivity contribution in [3.63, 3.8) is 0 Å². The van der Waals surface area contributed by atoms with E-state index in [0.29, 0.717) is 23.8 Å². The Morgan fingerprint density at radius 2 is 1.90 bits per heavy atom. The van der Waals surface area contributed by atoms with Crippen LogP contribution in [-0.4, -0.2) is 22.5 Å². The van der Waals surface area contributed by atoms with Gasteiger partial charge in [0.15, 0.2) is 0 Å². The van der Waals surface area contributed by atoms with Gasteiger partial charge in [-0.25, -0.2) is 14.8 Å². The maximum Gasteiger partial charge on any atom is 0.343 e. The summed E-state index contributed by atoms with van der Waals surface area (Å²) in [6.45, 7) is 6.13. The van der Waals surface area contributed by atoms with Gasteiger partial charge in [-0.2, -0.15) is 0 Å². The average Bonchev–Trinajstić information content (AvgIpc) is 2.47. The van der Waals surface area contributed by atoms with E-state index >= 15 is 0 Å². The van der Waals surface area contributed by atoms with Crippen molar-refractivity contribution in [3.8, 4) is 0 Å². The van der Waals surface area contributed by atoms with Crippen LogP contribution in [0.15, 0.2) is 0 Å². The first-order chi connectivity index (χ1) is 10.1. The molecular weight excluding hydrogens is 266 g/mol. The molecule has 0 amide bonds. The molecule has 1 fully saturated rings. The Kier molecular flexibility index (Phi) is 5.15. The number of hydrogen-bond acceptors (Lipinski definition) is 5. The summed E-state index contributed by atoms with van der Waals surface area (Å²) in [5, 5.41) is 0. The Morgan fingerprint density at radius 1 is 1.24 bits per heavy atom. The second-order valence-corrected chi connectivity index (χ2v) is 5.77. The van der Waals surface area contributed by atoms with Gasteiger partial charge in [-0.15, -0.1) is 0 Å². The van der Waals surface area contributed by atoms with E-state index < -0.39 is 5.97 Å². The summed E-state index contributed by atoms with van der Waals surface area (Å²) in [4.78, 5) is 20.8. The quantitative estimate of drug-likeness (QED) is 0.862. The van der Waals surface area contributed by atoms with E-state index in [2.05, 4.69) is 16.9 Å². The molecule has 0 radical (unpaired) electrons. The molecule has 0 spiro atoms. The lowest BCUT2D eigenvalue weighted by atomic mass is 9.80. The number of anilines is 1. The smallest absolute Gasteiger partial charge is 0.343 e. The van der Waals surface area contributed by atoms with E-state index in [0.717, 1.165) is 24.6 Å². The summed E-state index contributed by atoms with van der Waals surface area (Å²) < 4.78 is 5.00. The number of nitrogens with zero attached hydrogens (tertiary/aromatic N) is 2. The zero-order valence-corrected chi connectivity index (χ0v) is 13.2. The van der Waals surface area contributed by atoms with Crippen LogP contribution in [0.1, 0.15) is 73.7 Å². The van der Waals surface area contributed by atoms with Gasteiger partial charge >= 0.3 is 5.97 Å². The molecule has 5 heteroatoms. The first-order valence-corrected chi connectivity index (χ1v) is 7.87. The molecule has 1 heterocycles. The van der Waals surface area contributed by atoms with Crippen molar-refractivity contribution < 1.29 is 9.53 Å². The Morgan fingerprint density at radius 3 is 2.43 bits per heavy atom. The molecule has 116 valence electrons. The van der Waals surface area contributed by atoms with E-state index in [1.807, 2.05) is 0 Å². The van der Waals surface area contributed by atoms with Crippen LogP contribution in [0.5, 0.6) is 0 Å². The summed E-state index contributed by atoms with van der Waals surface area (Å²) in [5.41, 5.74) is 6.89. The van der Waals surface area contributed by atoms with Crippen LogP contribution < -0.4 is 5.73 Å². The van der Waals surface area contributed by atoms with Crippen LogP contribution >= 0.6 is 0 Å². The van der Waals surface area contributed by atoms with Crippen molar-refractivity contribution in [2.24, 2.45) is 5.92 Å². The van der Waals surface area contributed by atoms with E-state index in [4.69, 9.17) is 10.5 Å². The van der Waals surface area contributed by atoms with E-state index in [1.54, 1.807) is 13.8 Å². The van der Waals surface area contributed by atoms with Crippen LogP contribution in [0.25, 0.3) is 0 Å². The first-order valence-electron chi connectivity index (χ1n) is 7.87. The van der Waals surface area contributed by atoms with Crippen molar-refractivity contribution in [2.75, 3.05) is 12.3 Å². The van der Waals surface area contributed by atoms with E-state index in [1.165, 1.54) is 19.3 Å². The zero-order valence-electron chi connectivity index (χ0n) is 13.2. The minimum atomic E-state index is -0.436. The highest BCUT2D eigenvalue weighted by Crippen LogP contribution is 2.36. The SMILES string of the molecule is CCOC(=O)c1c(C)nc(C2CCC(CC)CC2)nc1N. The fourth-order valence-corrected chi connectivity index (χ4v) is 3.08. The summed E-state index contributed by atoms with van der Waals surface area (Å²) in [5.74, 6) is 1.79. The number of nitrogen functional groups attached to an aromatic ring is 1. The number of aromatic nitrogens is 2. The number of rotatable bonds is 4. The number of aryl methyl sites for hydroxylation is 1. The molecule has 1 aromatic rings. The molecule has 0 atom stereocenters. The molecule has 0 bridgehead atoms. The summed E-state index contributed by atoms with van der Waals surface area (Å²) in [7, 11) is 0. The standard InChI is InChI=1S/C16H25N3O2/c1-4-11-6-8-12(9-7-11)15-18-10(3)13(14(17)19-15)16(20)21-5-2/h11-12H,4-9H2,1-3H3,(H2,17,18,19). The molecule has 0 saturated heterocycles. The zero-order chi connectivity index (χ0) is 15.4. The van der Waals surface area contributed by atoms with Gasteiger partial charge in [-0.3, -0.25) is 0 Å². The molecule has 0 aliphatic heterocycles. The van der Waals surface area contributed by atoms with Crippen molar-refractivity contribution in [1.29, 1.82) is 0 Å². The minimum Gasteiger partial charge on any atom is -0.462 e. The lowest BCUT2D eigenvalue weighted by Crippen LogP contribution is -2.19. The third-order valence-electron chi connectivity index (χ3n) is 4.40. The normalized spacial score (nSPS) is 22.0. The first kappa shape index (κ1) is 15.7. The van der Waals surface area contributed by atoms with Gasteiger partial charge < -0.3 is 10.5 Å². The number of esters is 1. The summed E-state index contributed by atoms with van der Waals surface area (Å²) in [6, 6.07) is 0. The maximum atomic E-state index is 11.9. The number of nitrogens with two attached hydrogens (primary N) is 1. The summed E-state index contributed by atoms with van der Waals surface area (Å²) >= 11 is 0. The van der Waals surface area contributed by atoms with Crippen molar-refractivity contribution in [2.45, 2.75) is 58.8 Å². The predicted octanol–water partition coefficient (Wildman–Crippen LogP) is 3.23. The molecule has 2 rings (SSSR count). The monoisotopic (exact) mass is 291 g/mol. The predicted molar refractivity (Wildman–Crippen MR) is 82.1 cm³/mol. The van der Waals surface area contributed by atoms with Crippen LogP contribution in [-0.2, 0) is 4.74 Å². The van der Waals surface area contributed by atoms with Gasteiger partial charge in [0.25, 0.3) is 0 Å². The fourth-order valence-electron chi connectivity index (χ4n) is 3.08. The average molecular weight is 291 g/mol. The van der Waals surface area contributed by atoms with Gasteiger partial charge in [0.2, 0.25) is 0 Å². The van der Waals surface area contributed by atoms with Gasteiger partial charge in [0.05, 0.1) is 12.3 Å². The van der Waals surface area contributed by atoms with Gasteiger partial charge in [0, 0.05) is 5.92 Å². The molecule has 0 unspecified atom stereocenters. The van der Waals surface area contributed by atoms with E-state index in [-0.39, 0.29) is 5.82 Å². The minimum absolute atomic E-state index is 0.244. The number of carbonyl (C=O) groups excluding carboxylic acids is 1. The number of carbonyl (C=O) groups is 1. The third-order valence-corrected chi connectivity index (χ3v) is 4.40. The van der Waals surface area contributed by atoms with Crippen LogP contribution in [0.2, 0.25) is 0 Å². The Balaban J connectivity index is 2.18. The van der Waals surface area contributed by atoms with Crippen LogP contribution in [0.4, 0.5) is 5.82 Å². The van der Waals surface area contributed by atoms with Gasteiger partial charge in [-0.1, -0.05) is 13.3 Å². The number of hydrogen-bond donors (Lipinski definition) is 1. The highest BCUT2D eigenvalue weighted by Gasteiger charge is 2.26. The number of ether oxygens (including phenoxy) is 1. The molecule has 2 N–H and O–H groups in total. The maximum absolute atomic E-state index is 11.9. The van der Waals surface area contributed by atoms with Gasteiger partial charge in [-0.05, 0) is 45.4 Å². The highest BCUT2D eigenvalue weighted by molar-refractivity contribution is 5.95. The molecule has 1 aromatic heterocycles. The Hall–Kier alpha value is -1.65. The Bertz CT molecular complexity index is 485. The molecular formula is C16H25N3O2. The lowest BCUT2D eigenvalue weighted by Gasteiger charge is -2.27. The van der Waals surface area contributed by atoms with Crippen LogP contribution in [0, 0.1) is 12.8 Å². The van der Waals surface area contributed by atoms with E-state index in [9.17, 15) is 4.79 Å². The fraction of sp³-hybridized carbons (Fsp3) is 0.688. The second kappa shape index (κ2) is 6.87. The highest BCUT2D eigenvalue weighted by atomic mass is 16.5. The molecule has 1 aliphatic carbocycles. The molecule has 21 heavy (non-hydrogen) atoms.